The van der Waals surface area contributed by atoms with Gasteiger partial charge in [-0.3, -0.25) is 4.90 Å². The summed E-state index contributed by atoms with van der Waals surface area (Å²) in [5.41, 5.74) is 8.51. The van der Waals surface area contributed by atoms with Crippen molar-refractivity contribution in [1.29, 1.82) is 0 Å². The summed E-state index contributed by atoms with van der Waals surface area (Å²) in [7, 11) is 0. The van der Waals surface area contributed by atoms with Crippen LogP contribution in [-0.2, 0) is 19.3 Å². The Hall–Kier alpha value is -2.01. The molecule has 5 heteroatoms. The highest BCUT2D eigenvalue weighted by Gasteiger charge is 2.29. The molecule has 1 aliphatic heterocycles. The number of halogens is 1. The first-order valence-electron chi connectivity index (χ1n) is 12.9. The summed E-state index contributed by atoms with van der Waals surface area (Å²) in [4.78, 5) is 2.69. The van der Waals surface area contributed by atoms with Crippen LogP contribution < -0.4 is 10.1 Å². The van der Waals surface area contributed by atoms with Crippen molar-refractivity contribution in [3.8, 4) is 5.75 Å². The Morgan fingerprint density at radius 3 is 2.82 bits per heavy atom. The van der Waals surface area contributed by atoms with E-state index in [2.05, 4.69) is 49.2 Å². The lowest BCUT2D eigenvalue weighted by Crippen LogP contribution is -2.45. The quantitative estimate of drug-likeness (QED) is 0.470. The molecule has 0 bridgehead atoms. The van der Waals surface area contributed by atoms with Gasteiger partial charge in [-0.15, -0.1) is 0 Å². The van der Waals surface area contributed by atoms with E-state index in [9.17, 15) is 0 Å². The molecule has 2 N–H and O–H groups in total. The minimum Gasteiger partial charge on any atom is -0.491 e. The van der Waals surface area contributed by atoms with Crippen LogP contribution in [-0.4, -0.2) is 42.4 Å². The van der Waals surface area contributed by atoms with Crippen molar-refractivity contribution in [2.24, 2.45) is 0 Å². The predicted octanol–water partition coefficient (Wildman–Crippen LogP) is 5.85. The van der Waals surface area contributed by atoms with Crippen LogP contribution in [0.25, 0.3) is 0 Å². The molecule has 4 nitrogen and oxygen atoms in total. The Kier molecular flexibility index (Phi) is 8.57. The molecule has 0 saturated carbocycles. The number of ether oxygens (including phenoxy) is 1. The van der Waals surface area contributed by atoms with E-state index in [-0.39, 0.29) is 19.3 Å². The summed E-state index contributed by atoms with van der Waals surface area (Å²) in [6, 6.07) is 13.4. The van der Waals surface area contributed by atoms with Crippen molar-refractivity contribution in [2.75, 3.05) is 26.3 Å². The van der Waals surface area contributed by atoms with Gasteiger partial charge in [-0.1, -0.05) is 49.2 Å². The molecular weight excluding hydrogens is 444 g/mol. The van der Waals surface area contributed by atoms with E-state index in [1.54, 1.807) is 11.1 Å². The number of hydrogen-bond acceptors (Lipinski definition) is 4. The van der Waals surface area contributed by atoms with Gasteiger partial charge >= 0.3 is 0 Å². The number of aryl methyl sites for hydroxylation is 2. The summed E-state index contributed by atoms with van der Waals surface area (Å²) in [6.45, 7) is 9.11. The zero-order chi connectivity index (χ0) is 24.1. The first kappa shape index (κ1) is 25.1. The van der Waals surface area contributed by atoms with Gasteiger partial charge in [0, 0.05) is 29.9 Å². The van der Waals surface area contributed by atoms with Gasteiger partial charge < -0.3 is 15.2 Å². The SMILES string of the molecule is CCc1cccc2c1CC(N1CCC(C)=C(NC(CC)c3cc(OCCO)ccc3Cl)C1)CC2. The molecule has 184 valence electrons. The van der Waals surface area contributed by atoms with Gasteiger partial charge in [0.15, 0.2) is 0 Å². The second-order valence-electron chi connectivity index (χ2n) is 9.64. The van der Waals surface area contributed by atoms with Gasteiger partial charge in [-0.05, 0) is 85.9 Å². The molecule has 2 aromatic rings. The first-order chi connectivity index (χ1) is 16.5. The first-order valence-corrected chi connectivity index (χ1v) is 13.2. The zero-order valence-electron chi connectivity index (χ0n) is 20.9. The number of hydrogen-bond donors (Lipinski definition) is 2. The van der Waals surface area contributed by atoms with Gasteiger partial charge in [-0.25, -0.2) is 0 Å². The lowest BCUT2D eigenvalue weighted by Gasteiger charge is -2.40. The molecule has 1 heterocycles. The Morgan fingerprint density at radius 1 is 1.21 bits per heavy atom. The molecular formula is C29H39ClN2O2. The van der Waals surface area contributed by atoms with Crippen LogP contribution in [0.1, 0.15) is 68.3 Å². The van der Waals surface area contributed by atoms with E-state index in [1.165, 1.54) is 36.1 Å². The Balaban J connectivity index is 1.48. The number of benzene rings is 2. The van der Waals surface area contributed by atoms with Crippen LogP contribution in [0.5, 0.6) is 5.75 Å². The zero-order valence-corrected chi connectivity index (χ0v) is 21.6. The molecule has 2 aliphatic rings. The Labute approximate surface area is 210 Å². The smallest absolute Gasteiger partial charge is 0.119 e. The molecule has 2 atom stereocenters. The second-order valence-corrected chi connectivity index (χ2v) is 10.1. The van der Waals surface area contributed by atoms with Crippen LogP contribution in [0.3, 0.4) is 0 Å². The minimum atomic E-state index is 0.000717. The summed E-state index contributed by atoms with van der Waals surface area (Å²) in [6.07, 6.45) is 6.73. The molecule has 34 heavy (non-hydrogen) atoms. The van der Waals surface area contributed by atoms with E-state index >= 15 is 0 Å². The summed E-state index contributed by atoms with van der Waals surface area (Å²) in [5, 5.41) is 13.7. The molecule has 0 saturated heterocycles. The Bertz CT molecular complexity index is 1000. The van der Waals surface area contributed by atoms with E-state index in [0.717, 1.165) is 48.7 Å². The molecule has 0 fully saturated rings. The number of aliphatic hydroxyl groups is 1. The van der Waals surface area contributed by atoms with Crippen molar-refractivity contribution in [1.82, 2.24) is 10.2 Å². The Morgan fingerprint density at radius 2 is 2.06 bits per heavy atom. The molecule has 4 rings (SSSR count). The van der Waals surface area contributed by atoms with Crippen molar-refractivity contribution in [2.45, 2.75) is 71.4 Å². The maximum atomic E-state index is 9.09. The molecule has 0 amide bonds. The number of nitrogens with zero attached hydrogens (tertiary/aromatic N) is 1. The molecule has 2 aromatic carbocycles. The van der Waals surface area contributed by atoms with Gasteiger partial charge in [0.25, 0.3) is 0 Å². The van der Waals surface area contributed by atoms with Crippen molar-refractivity contribution >= 4 is 11.6 Å². The molecule has 0 radical (unpaired) electrons. The van der Waals surface area contributed by atoms with Crippen LogP contribution in [0.2, 0.25) is 5.02 Å². The monoisotopic (exact) mass is 482 g/mol. The largest absolute Gasteiger partial charge is 0.491 e. The summed E-state index contributed by atoms with van der Waals surface area (Å²) in [5.74, 6) is 0.747. The van der Waals surface area contributed by atoms with Crippen LogP contribution >= 0.6 is 11.6 Å². The van der Waals surface area contributed by atoms with Gasteiger partial charge in [0.2, 0.25) is 0 Å². The highest BCUT2D eigenvalue weighted by Crippen LogP contribution is 2.33. The van der Waals surface area contributed by atoms with Gasteiger partial charge in [-0.2, -0.15) is 0 Å². The third kappa shape index (κ3) is 5.62. The van der Waals surface area contributed by atoms with E-state index in [4.69, 9.17) is 21.4 Å². The lowest BCUT2D eigenvalue weighted by molar-refractivity contribution is 0.181. The maximum absolute atomic E-state index is 9.09. The fraction of sp³-hybridized carbons (Fsp3) is 0.517. The van der Waals surface area contributed by atoms with Crippen molar-refractivity contribution < 1.29 is 9.84 Å². The average Bonchev–Trinajstić information content (AvgIpc) is 2.87. The predicted molar refractivity (Wildman–Crippen MR) is 141 cm³/mol. The maximum Gasteiger partial charge on any atom is 0.119 e. The topological polar surface area (TPSA) is 44.7 Å². The third-order valence-corrected chi connectivity index (χ3v) is 7.91. The van der Waals surface area contributed by atoms with E-state index < -0.39 is 0 Å². The van der Waals surface area contributed by atoms with Gasteiger partial charge in [0.05, 0.1) is 12.6 Å². The standard InChI is InChI=1S/C29H39ClN2O2/c1-4-21-7-6-8-22-9-10-23(17-25(21)22)32-14-13-20(3)29(19-32)31-28(5-2)26-18-24(34-16-15-33)11-12-27(26)30/h6-8,11-12,18,23,28,31,33H,4-5,9-10,13-17,19H2,1-3H3. The van der Waals surface area contributed by atoms with Crippen molar-refractivity contribution in [3.63, 3.8) is 0 Å². The average molecular weight is 483 g/mol. The molecule has 1 aliphatic carbocycles. The third-order valence-electron chi connectivity index (χ3n) is 7.56. The number of rotatable bonds is 9. The summed E-state index contributed by atoms with van der Waals surface area (Å²) < 4.78 is 5.64. The summed E-state index contributed by atoms with van der Waals surface area (Å²) >= 11 is 6.61. The van der Waals surface area contributed by atoms with Crippen LogP contribution in [0.15, 0.2) is 47.7 Å². The lowest BCUT2D eigenvalue weighted by atomic mass is 9.83. The number of nitrogens with one attached hydrogen (secondary N) is 1. The fourth-order valence-electron chi connectivity index (χ4n) is 5.50. The van der Waals surface area contributed by atoms with E-state index in [1.807, 2.05) is 18.2 Å². The molecule has 0 aromatic heterocycles. The highest BCUT2D eigenvalue weighted by molar-refractivity contribution is 6.31. The van der Waals surface area contributed by atoms with Gasteiger partial charge in [0.1, 0.15) is 12.4 Å². The second kappa shape index (κ2) is 11.6. The van der Waals surface area contributed by atoms with Crippen molar-refractivity contribution in [3.05, 3.63) is 74.9 Å². The number of aliphatic hydroxyl groups excluding tert-OH is 1. The fourth-order valence-corrected chi connectivity index (χ4v) is 5.75. The normalized spacial score (nSPS) is 19.6. The molecule has 2 unspecified atom stereocenters. The highest BCUT2D eigenvalue weighted by atomic mass is 35.5. The van der Waals surface area contributed by atoms with Crippen LogP contribution in [0, 0.1) is 0 Å². The van der Waals surface area contributed by atoms with Crippen LogP contribution in [0.4, 0.5) is 0 Å². The minimum absolute atomic E-state index is 0.000717. The van der Waals surface area contributed by atoms with E-state index in [0.29, 0.717) is 6.04 Å². The molecule has 0 spiro atoms. The number of fused-ring (bicyclic) bond motifs is 1.